The Morgan fingerprint density at radius 1 is 1.24 bits per heavy atom. The fraction of sp³-hybridized carbons (Fsp3) is 0.250. The number of hydrogen-bond acceptors (Lipinski definition) is 4. The van der Waals surface area contributed by atoms with Crippen molar-refractivity contribution < 1.29 is 9.90 Å². The molecule has 108 valence electrons. The van der Waals surface area contributed by atoms with Gasteiger partial charge >= 0.3 is 0 Å². The van der Waals surface area contributed by atoms with Crippen LogP contribution in [0.15, 0.2) is 48.7 Å². The molecule has 1 amide bonds. The summed E-state index contributed by atoms with van der Waals surface area (Å²) in [6, 6.07) is 12.9. The van der Waals surface area contributed by atoms with Crippen LogP contribution in [0.2, 0.25) is 0 Å². The highest BCUT2D eigenvalue weighted by Crippen LogP contribution is 2.37. The third kappa shape index (κ3) is 3.19. The number of aromatic nitrogens is 1. The zero-order valence-electron chi connectivity index (χ0n) is 11.5. The number of carbonyl (C=O) groups is 1. The summed E-state index contributed by atoms with van der Waals surface area (Å²) in [6.45, 7) is 0.665. The second kappa shape index (κ2) is 6.18. The topological polar surface area (TPSA) is 53.4 Å². The number of carbonyl (C=O) groups excluding carboxylic acids is 1. The molecule has 1 fully saturated rings. The van der Waals surface area contributed by atoms with Crippen LogP contribution < -0.4 is 0 Å². The van der Waals surface area contributed by atoms with E-state index in [-0.39, 0.29) is 17.0 Å². The van der Waals surface area contributed by atoms with Crippen LogP contribution in [0.1, 0.15) is 16.6 Å². The molecule has 1 saturated heterocycles. The second-order valence-electron chi connectivity index (χ2n) is 4.92. The van der Waals surface area contributed by atoms with Crippen LogP contribution in [0.4, 0.5) is 0 Å². The molecule has 5 heteroatoms. The molecule has 1 unspecified atom stereocenters. The molecule has 3 rings (SSSR count). The van der Waals surface area contributed by atoms with Gasteiger partial charge < -0.3 is 10.0 Å². The number of hydrogen-bond donors (Lipinski definition) is 1. The third-order valence-corrected chi connectivity index (χ3v) is 4.71. The molecule has 1 N–H and O–H groups in total. The monoisotopic (exact) mass is 300 g/mol. The molecule has 4 nitrogen and oxygen atoms in total. The third-order valence-electron chi connectivity index (χ3n) is 3.49. The van der Waals surface area contributed by atoms with Gasteiger partial charge in [-0.15, -0.1) is 11.8 Å². The van der Waals surface area contributed by atoms with E-state index in [2.05, 4.69) is 4.98 Å². The number of rotatable bonds is 4. The predicted octanol–water partition coefficient (Wildman–Crippen LogP) is 2.60. The van der Waals surface area contributed by atoms with Crippen molar-refractivity contribution in [2.75, 3.05) is 12.3 Å². The molecule has 2 heterocycles. The molecule has 2 aromatic rings. The lowest BCUT2D eigenvalue weighted by molar-refractivity contribution is -0.128. The second-order valence-corrected chi connectivity index (χ2v) is 5.99. The SMILES string of the molecule is O=C1CSC(c2ccccn2)N1CCc1ccc(O)cc1. The highest BCUT2D eigenvalue weighted by atomic mass is 32.2. The number of benzene rings is 1. The van der Waals surface area contributed by atoms with Crippen LogP contribution in [0.3, 0.4) is 0 Å². The summed E-state index contributed by atoms with van der Waals surface area (Å²) in [7, 11) is 0. The largest absolute Gasteiger partial charge is 0.508 e. The molecule has 1 aliphatic heterocycles. The molecule has 0 aliphatic carbocycles. The van der Waals surface area contributed by atoms with E-state index in [0.717, 1.165) is 17.7 Å². The fourth-order valence-electron chi connectivity index (χ4n) is 2.38. The summed E-state index contributed by atoms with van der Waals surface area (Å²) < 4.78 is 0. The molecule has 0 saturated carbocycles. The van der Waals surface area contributed by atoms with Crippen molar-refractivity contribution >= 4 is 17.7 Å². The van der Waals surface area contributed by atoms with Gasteiger partial charge in [-0.2, -0.15) is 0 Å². The first-order valence-corrected chi connectivity index (χ1v) is 7.89. The Bertz CT molecular complexity index is 616. The first-order chi connectivity index (χ1) is 10.2. The maximum Gasteiger partial charge on any atom is 0.233 e. The number of phenols is 1. The Hall–Kier alpha value is -2.01. The van der Waals surface area contributed by atoms with Crippen LogP contribution in [-0.2, 0) is 11.2 Å². The lowest BCUT2D eigenvalue weighted by atomic mass is 10.1. The van der Waals surface area contributed by atoms with E-state index < -0.39 is 0 Å². The summed E-state index contributed by atoms with van der Waals surface area (Å²) in [5.74, 6) is 0.934. The van der Waals surface area contributed by atoms with Crippen molar-refractivity contribution in [3.63, 3.8) is 0 Å². The molecule has 1 aromatic carbocycles. The molecule has 0 bridgehead atoms. The van der Waals surface area contributed by atoms with Crippen molar-refractivity contribution in [1.82, 2.24) is 9.88 Å². The number of thioether (sulfide) groups is 1. The quantitative estimate of drug-likeness (QED) is 0.943. The number of aromatic hydroxyl groups is 1. The summed E-state index contributed by atoms with van der Waals surface area (Å²) in [5, 5.41) is 9.30. The minimum Gasteiger partial charge on any atom is -0.508 e. The minimum atomic E-state index is 0.0100. The zero-order valence-corrected chi connectivity index (χ0v) is 12.3. The van der Waals surface area contributed by atoms with Crippen LogP contribution in [0, 0.1) is 0 Å². The minimum absolute atomic E-state index is 0.0100. The number of amides is 1. The van der Waals surface area contributed by atoms with Gasteiger partial charge in [0.2, 0.25) is 5.91 Å². The van der Waals surface area contributed by atoms with E-state index in [1.54, 1.807) is 30.1 Å². The smallest absolute Gasteiger partial charge is 0.233 e. The first-order valence-electron chi connectivity index (χ1n) is 6.84. The van der Waals surface area contributed by atoms with E-state index in [9.17, 15) is 9.90 Å². The standard InChI is InChI=1S/C16H16N2O2S/c19-13-6-4-12(5-7-13)8-10-18-15(20)11-21-16(18)14-3-1-2-9-17-14/h1-7,9,16,19H,8,10-11H2. The average Bonchev–Trinajstić information content (AvgIpc) is 2.89. The highest BCUT2D eigenvalue weighted by Gasteiger charge is 2.33. The fourth-order valence-corrected chi connectivity index (χ4v) is 3.55. The Labute approximate surface area is 127 Å². The van der Waals surface area contributed by atoms with Gasteiger partial charge in [0.05, 0.1) is 11.4 Å². The van der Waals surface area contributed by atoms with Crippen LogP contribution in [0.25, 0.3) is 0 Å². The summed E-state index contributed by atoms with van der Waals surface area (Å²) in [5.41, 5.74) is 2.04. The Morgan fingerprint density at radius 3 is 2.76 bits per heavy atom. The van der Waals surface area contributed by atoms with Gasteiger partial charge in [0.15, 0.2) is 0 Å². The van der Waals surface area contributed by atoms with E-state index in [1.807, 2.05) is 35.2 Å². The number of nitrogens with zero attached hydrogens (tertiary/aromatic N) is 2. The predicted molar refractivity (Wildman–Crippen MR) is 83.0 cm³/mol. The molecular weight excluding hydrogens is 284 g/mol. The van der Waals surface area contributed by atoms with Gasteiger partial charge in [0, 0.05) is 12.7 Å². The molecule has 1 atom stereocenters. The van der Waals surface area contributed by atoms with Gasteiger partial charge in [-0.3, -0.25) is 9.78 Å². The van der Waals surface area contributed by atoms with Crippen molar-refractivity contribution in [3.05, 3.63) is 59.9 Å². The summed E-state index contributed by atoms with van der Waals surface area (Å²) in [6.07, 6.45) is 2.53. The first kappa shape index (κ1) is 13.9. The van der Waals surface area contributed by atoms with Crippen molar-refractivity contribution in [2.45, 2.75) is 11.8 Å². The molecule has 0 radical (unpaired) electrons. The van der Waals surface area contributed by atoms with E-state index in [1.165, 1.54) is 0 Å². The van der Waals surface area contributed by atoms with Gasteiger partial charge in [-0.25, -0.2) is 0 Å². The van der Waals surface area contributed by atoms with Crippen LogP contribution in [-0.4, -0.2) is 33.2 Å². The lowest BCUT2D eigenvalue weighted by Gasteiger charge is -2.23. The van der Waals surface area contributed by atoms with Crippen molar-refractivity contribution in [3.8, 4) is 5.75 Å². The Morgan fingerprint density at radius 2 is 2.05 bits per heavy atom. The summed E-state index contributed by atoms with van der Waals surface area (Å²) in [4.78, 5) is 18.3. The van der Waals surface area contributed by atoms with E-state index in [0.29, 0.717) is 12.3 Å². The average molecular weight is 300 g/mol. The normalized spacial score (nSPS) is 18.2. The molecular formula is C16H16N2O2S. The number of pyridine rings is 1. The van der Waals surface area contributed by atoms with Gasteiger partial charge in [0.25, 0.3) is 0 Å². The maximum absolute atomic E-state index is 12.1. The molecule has 1 aromatic heterocycles. The Balaban J connectivity index is 1.70. The molecule has 0 spiro atoms. The van der Waals surface area contributed by atoms with Gasteiger partial charge in [-0.1, -0.05) is 18.2 Å². The van der Waals surface area contributed by atoms with Gasteiger partial charge in [-0.05, 0) is 36.2 Å². The van der Waals surface area contributed by atoms with Gasteiger partial charge in [0.1, 0.15) is 11.1 Å². The molecule has 1 aliphatic rings. The van der Waals surface area contributed by atoms with Crippen LogP contribution >= 0.6 is 11.8 Å². The maximum atomic E-state index is 12.1. The van der Waals surface area contributed by atoms with Crippen LogP contribution in [0.5, 0.6) is 5.75 Å². The number of phenolic OH excluding ortho intramolecular Hbond substituents is 1. The lowest BCUT2D eigenvalue weighted by Crippen LogP contribution is -2.30. The highest BCUT2D eigenvalue weighted by molar-refractivity contribution is 8.00. The van der Waals surface area contributed by atoms with Crippen molar-refractivity contribution in [2.24, 2.45) is 0 Å². The van der Waals surface area contributed by atoms with E-state index >= 15 is 0 Å². The van der Waals surface area contributed by atoms with Crippen molar-refractivity contribution in [1.29, 1.82) is 0 Å². The summed E-state index contributed by atoms with van der Waals surface area (Å²) >= 11 is 1.62. The zero-order chi connectivity index (χ0) is 14.7. The Kier molecular flexibility index (Phi) is 4.10. The van der Waals surface area contributed by atoms with E-state index in [4.69, 9.17) is 0 Å². The molecule has 21 heavy (non-hydrogen) atoms.